The second-order valence-electron chi connectivity index (χ2n) is 7.40. The van der Waals surface area contributed by atoms with Gasteiger partial charge in [0.05, 0.1) is 0 Å². The molecule has 2 fully saturated rings. The molecule has 2 aliphatic rings. The molecule has 0 spiro atoms. The van der Waals surface area contributed by atoms with Crippen molar-refractivity contribution in [2.75, 3.05) is 0 Å². The molecule has 25 heavy (non-hydrogen) atoms. The van der Waals surface area contributed by atoms with Crippen molar-refractivity contribution in [3.8, 4) is 0 Å². The molecule has 2 aromatic rings. The maximum atomic E-state index is 7.02. The summed E-state index contributed by atoms with van der Waals surface area (Å²) in [6.45, 7) is 0. The third-order valence-corrected chi connectivity index (χ3v) is 15.6. The molecule has 0 heterocycles. The number of hydrogen-bond donors (Lipinski definition) is 0. The third kappa shape index (κ3) is 3.96. The maximum absolute atomic E-state index is 7.02. The Morgan fingerprint density at radius 1 is 0.560 bits per heavy atom. The number of hydrogen-bond acceptors (Lipinski definition) is 2. The van der Waals surface area contributed by atoms with Crippen LogP contribution in [0.5, 0.6) is 0 Å². The molecular formula is C22H28O2Sn. The van der Waals surface area contributed by atoms with Crippen LogP contribution in [-0.4, -0.2) is 31.4 Å². The van der Waals surface area contributed by atoms with Gasteiger partial charge in [0, 0.05) is 0 Å². The predicted octanol–water partition coefficient (Wildman–Crippen LogP) is 4.16. The average Bonchev–Trinajstić information content (AvgIpc) is 3.37. The summed E-state index contributed by atoms with van der Waals surface area (Å²) in [5, 5.41) is 0. The Kier molecular flexibility index (Phi) is 5.79. The minimum absolute atomic E-state index is 0.373. The van der Waals surface area contributed by atoms with Crippen molar-refractivity contribution in [1.29, 1.82) is 0 Å². The first kappa shape index (κ1) is 17.6. The Morgan fingerprint density at radius 3 is 1.28 bits per heavy atom. The Balaban J connectivity index is 1.77. The van der Waals surface area contributed by atoms with E-state index >= 15 is 0 Å². The first-order chi connectivity index (χ1) is 12.4. The summed E-state index contributed by atoms with van der Waals surface area (Å²) < 4.78 is 16.7. The van der Waals surface area contributed by atoms with Crippen LogP contribution in [0.25, 0.3) is 0 Å². The molecule has 0 radical (unpaired) electrons. The van der Waals surface area contributed by atoms with Crippen molar-refractivity contribution in [3.63, 3.8) is 0 Å². The Bertz CT molecular complexity index is 587. The molecule has 0 aromatic heterocycles. The van der Waals surface area contributed by atoms with Gasteiger partial charge < -0.3 is 0 Å². The van der Waals surface area contributed by atoms with Gasteiger partial charge in [-0.05, 0) is 0 Å². The SMILES string of the molecule is c1cc[c]([Sn]([O]C2CCCC2)([O]C2CCCC2)[c]2ccccc2)cc1. The van der Waals surface area contributed by atoms with Gasteiger partial charge in [-0.3, -0.25) is 0 Å². The molecule has 0 saturated heterocycles. The molecule has 0 amide bonds. The van der Waals surface area contributed by atoms with E-state index in [2.05, 4.69) is 60.7 Å². The average molecular weight is 443 g/mol. The molecule has 2 saturated carbocycles. The summed E-state index contributed by atoms with van der Waals surface area (Å²) in [4.78, 5) is 0. The van der Waals surface area contributed by atoms with E-state index in [0.717, 1.165) is 0 Å². The molecule has 0 aliphatic heterocycles. The third-order valence-electron chi connectivity index (χ3n) is 5.58. The second kappa shape index (κ2) is 8.24. The van der Waals surface area contributed by atoms with Crippen LogP contribution in [-0.2, 0) is 6.15 Å². The molecule has 2 aliphatic carbocycles. The molecule has 2 aromatic carbocycles. The van der Waals surface area contributed by atoms with Gasteiger partial charge in [-0.1, -0.05) is 0 Å². The molecule has 0 atom stereocenters. The zero-order chi connectivity index (χ0) is 17.0. The van der Waals surface area contributed by atoms with Gasteiger partial charge in [0.25, 0.3) is 0 Å². The summed E-state index contributed by atoms with van der Waals surface area (Å²) in [6, 6.07) is 21.7. The van der Waals surface area contributed by atoms with Crippen LogP contribution in [0, 0.1) is 0 Å². The second-order valence-corrected chi connectivity index (χ2v) is 15.6. The summed E-state index contributed by atoms with van der Waals surface area (Å²) in [5.74, 6) is 0. The van der Waals surface area contributed by atoms with Crippen LogP contribution < -0.4 is 7.16 Å². The van der Waals surface area contributed by atoms with E-state index in [4.69, 9.17) is 6.15 Å². The van der Waals surface area contributed by atoms with E-state index in [1.54, 1.807) is 0 Å². The van der Waals surface area contributed by atoms with Gasteiger partial charge >= 0.3 is 157 Å². The quantitative estimate of drug-likeness (QED) is 0.625. The monoisotopic (exact) mass is 444 g/mol. The number of rotatable bonds is 6. The topological polar surface area (TPSA) is 18.5 Å². The van der Waals surface area contributed by atoms with E-state index in [0.29, 0.717) is 12.2 Å². The Morgan fingerprint density at radius 2 is 0.920 bits per heavy atom. The Labute approximate surface area is 156 Å². The van der Waals surface area contributed by atoms with E-state index in [-0.39, 0.29) is 0 Å². The van der Waals surface area contributed by atoms with Crippen LogP contribution in [0.3, 0.4) is 0 Å². The molecule has 3 heteroatoms. The first-order valence-electron chi connectivity index (χ1n) is 9.83. The molecule has 0 unspecified atom stereocenters. The van der Waals surface area contributed by atoms with Crippen molar-refractivity contribution < 1.29 is 6.15 Å². The van der Waals surface area contributed by atoms with Crippen LogP contribution in [0.15, 0.2) is 60.7 Å². The van der Waals surface area contributed by atoms with Crippen molar-refractivity contribution in [3.05, 3.63) is 60.7 Å². The van der Waals surface area contributed by atoms with Crippen LogP contribution in [0.1, 0.15) is 51.4 Å². The Hall–Kier alpha value is -0.841. The van der Waals surface area contributed by atoms with Crippen molar-refractivity contribution in [1.82, 2.24) is 0 Å². The van der Waals surface area contributed by atoms with Gasteiger partial charge in [-0.2, -0.15) is 0 Å². The zero-order valence-corrected chi connectivity index (χ0v) is 17.8. The van der Waals surface area contributed by atoms with Gasteiger partial charge in [-0.15, -0.1) is 0 Å². The van der Waals surface area contributed by atoms with E-state index in [1.165, 1.54) is 58.5 Å². The zero-order valence-electron chi connectivity index (χ0n) is 14.9. The van der Waals surface area contributed by atoms with Crippen molar-refractivity contribution in [2.24, 2.45) is 0 Å². The summed E-state index contributed by atoms with van der Waals surface area (Å²) in [6.07, 6.45) is 10.7. The summed E-state index contributed by atoms with van der Waals surface area (Å²) in [5.41, 5.74) is 0. The normalized spacial score (nSPS) is 19.5. The molecule has 0 bridgehead atoms. The molecule has 0 N–H and O–H groups in total. The van der Waals surface area contributed by atoms with Gasteiger partial charge in [0.2, 0.25) is 0 Å². The fourth-order valence-electron chi connectivity index (χ4n) is 4.26. The fraction of sp³-hybridized carbons (Fsp3) is 0.455. The standard InChI is InChI=1S/2C6H5.2C5H9O.Sn/c2*1-2-4-6-5-3-1;2*6-5-3-1-2-4-5;/h2*1-5H;2*5H,1-4H2;/q;;2*-1;+2. The number of benzene rings is 2. The van der Waals surface area contributed by atoms with Crippen LogP contribution >= 0.6 is 0 Å². The van der Waals surface area contributed by atoms with Crippen molar-refractivity contribution >= 4 is 26.4 Å². The van der Waals surface area contributed by atoms with Crippen LogP contribution in [0.4, 0.5) is 0 Å². The fourth-order valence-corrected chi connectivity index (χ4v) is 14.6. The summed E-state index contributed by atoms with van der Waals surface area (Å²) in [7, 11) is 0. The van der Waals surface area contributed by atoms with E-state index in [9.17, 15) is 0 Å². The first-order valence-corrected chi connectivity index (χ1v) is 15.0. The van der Waals surface area contributed by atoms with Crippen LogP contribution in [0.2, 0.25) is 0 Å². The summed E-state index contributed by atoms with van der Waals surface area (Å²) >= 11 is -3.65. The van der Waals surface area contributed by atoms with Gasteiger partial charge in [0.1, 0.15) is 0 Å². The molecule has 2 nitrogen and oxygen atoms in total. The van der Waals surface area contributed by atoms with E-state index in [1.807, 2.05) is 0 Å². The van der Waals surface area contributed by atoms with Gasteiger partial charge in [-0.25, -0.2) is 0 Å². The van der Waals surface area contributed by atoms with Gasteiger partial charge in [0.15, 0.2) is 0 Å². The predicted molar refractivity (Wildman–Crippen MR) is 105 cm³/mol. The molecule has 132 valence electrons. The molecular weight excluding hydrogens is 415 g/mol. The molecule has 4 rings (SSSR count). The van der Waals surface area contributed by atoms with Crippen molar-refractivity contribution in [2.45, 2.75) is 63.6 Å². The van der Waals surface area contributed by atoms with E-state index < -0.39 is 19.2 Å². The minimum atomic E-state index is -3.65.